The maximum Gasteiger partial charge on any atom is 0.119 e. The van der Waals surface area contributed by atoms with Crippen LogP contribution in [0.1, 0.15) is 31.2 Å². The molecule has 1 aromatic rings. The van der Waals surface area contributed by atoms with E-state index in [-0.39, 0.29) is 12.1 Å². The molecule has 2 atom stereocenters. The molecule has 2 rings (SSSR count). The van der Waals surface area contributed by atoms with Crippen molar-refractivity contribution in [3.63, 3.8) is 0 Å². The summed E-state index contributed by atoms with van der Waals surface area (Å²) in [5.74, 6) is 0.875. The van der Waals surface area contributed by atoms with E-state index in [0.29, 0.717) is 13.2 Å². The van der Waals surface area contributed by atoms with E-state index < -0.39 is 0 Å². The van der Waals surface area contributed by atoms with Gasteiger partial charge in [-0.15, -0.1) is 0 Å². The minimum atomic E-state index is -0.183. The number of likely N-dealkylation sites (N-methyl/N-ethyl adjacent to an activating group) is 1. The summed E-state index contributed by atoms with van der Waals surface area (Å²) in [6.07, 6.45) is 4.19. The molecule has 0 bridgehead atoms. The van der Waals surface area contributed by atoms with Crippen LogP contribution >= 0.6 is 0 Å². The van der Waals surface area contributed by atoms with Gasteiger partial charge < -0.3 is 15.6 Å². The van der Waals surface area contributed by atoms with Crippen molar-refractivity contribution in [2.45, 2.75) is 44.4 Å². The third-order valence-electron chi connectivity index (χ3n) is 4.13. The minimum Gasteiger partial charge on any atom is -0.492 e. The second-order valence-electron chi connectivity index (χ2n) is 5.60. The highest BCUT2D eigenvalue weighted by Gasteiger charge is 2.26. The molecular weight excluding hydrogens is 252 g/mol. The highest BCUT2D eigenvalue weighted by atomic mass is 16.5. The third-order valence-corrected chi connectivity index (χ3v) is 4.13. The molecule has 112 valence electrons. The van der Waals surface area contributed by atoms with Crippen LogP contribution in [-0.2, 0) is 6.54 Å². The number of hydrogen-bond donors (Lipinski definition) is 2. The minimum absolute atomic E-state index is 0.183. The van der Waals surface area contributed by atoms with Crippen molar-refractivity contribution < 1.29 is 9.84 Å². The third kappa shape index (κ3) is 4.20. The Hall–Kier alpha value is -1.10. The first-order chi connectivity index (χ1) is 9.70. The van der Waals surface area contributed by atoms with E-state index in [1.165, 1.54) is 6.42 Å². The van der Waals surface area contributed by atoms with Crippen molar-refractivity contribution >= 4 is 0 Å². The second kappa shape index (κ2) is 7.62. The Balaban J connectivity index is 1.74. The number of hydrogen-bond acceptors (Lipinski definition) is 4. The first kappa shape index (κ1) is 15.3. The molecule has 1 aromatic carbocycles. The number of aliphatic hydroxyl groups is 1. The first-order valence-electron chi connectivity index (χ1n) is 7.51. The standard InChI is InChI=1S/C16H26N2O2/c1-18(15-4-2-3-5-16(15)19)10-11-20-14-8-6-13(12-17)7-9-14/h6-9,15-16,19H,2-5,10-12,17H2,1H3. The molecular formula is C16H26N2O2. The van der Waals surface area contributed by atoms with Gasteiger partial charge in [-0.1, -0.05) is 25.0 Å². The van der Waals surface area contributed by atoms with E-state index in [1.54, 1.807) is 0 Å². The summed E-state index contributed by atoms with van der Waals surface area (Å²) in [6.45, 7) is 2.03. The molecule has 1 aliphatic rings. The van der Waals surface area contributed by atoms with Crippen molar-refractivity contribution in [2.75, 3.05) is 20.2 Å². The number of benzene rings is 1. The Morgan fingerprint density at radius 1 is 1.25 bits per heavy atom. The van der Waals surface area contributed by atoms with Gasteiger partial charge in [0, 0.05) is 19.1 Å². The van der Waals surface area contributed by atoms with Crippen molar-refractivity contribution in [3.8, 4) is 5.75 Å². The summed E-state index contributed by atoms with van der Waals surface area (Å²) in [5, 5.41) is 10.0. The van der Waals surface area contributed by atoms with Gasteiger partial charge >= 0.3 is 0 Å². The van der Waals surface area contributed by atoms with Crippen LogP contribution in [0.15, 0.2) is 24.3 Å². The quantitative estimate of drug-likeness (QED) is 0.832. The summed E-state index contributed by atoms with van der Waals surface area (Å²) in [6, 6.07) is 8.18. The molecule has 1 saturated carbocycles. The second-order valence-corrected chi connectivity index (χ2v) is 5.60. The zero-order valence-electron chi connectivity index (χ0n) is 12.3. The van der Waals surface area contributed by atoms with Crippen LogP contribution in [0.5, 0.6) is 5.75 Å². The van der Waals surface area contributed by atoms with E-state index in [0.717, 1.165) is 37.1 Å². The molecule has 0 saturated heterocycles. The summed E-state index contributed by atoms with van der Waals surface area (Å²) in [7, 11) is 2.07. The number of aliphatic hydroxyl groups excluding tert-OH is 1. The van der Waals surface area contributed by atoms with Crippen LogP contribution in [0.3, 0.4) is 0 Å². The van der Waals surface area contributed by atoms with Crippen LogP contribution in [0.2, 0.25) is 0 Å². The van der Waals surface area contributed by atoms with Crippen LogP contribution in [-0.4, -0.2) is 42.4 Å². The van der Waals surface area contributed by atoms with Crippen molar-refractivity contribution in [3.05, 3.63) is 29.8 Å². The van der Waals surface area contributed by atoms with Crippen LogP contribution in [0.4, 0.5) is 0 Å². The first-order valence-corrected chi connectivity index (χ1v) is 7.51. The molecule has 1 aliphatic carbocycles. The molecule has 1 fully saturated rings. The molecule has 0 aliphatic heterocycles. The highest BCUT2D eigenvalue weighted by molar-refractivity contribution is 5.27. The van der Waals surface area contributed by atoms with Gasteiger partial charge in [0.05, 0.1) is 6.10 Å². The highest BCUT2D eigenvalue weighted by Crippen LogP contribution is 2.22. The fourth-order valence-electron chi connectivity index (χ4n) is 2.80. The average molecular weight is 278 g/mol. The maximum atomic E-state index is 10.0. The molecule has 0 radical (unpaired) electrons. The Labute approximate surface area is 121 Å². The molecule has 20 heavy (non-hydrogen) atoms. The summed E-state index contributed by atoms with van der Waals surface area (Å²) < 4.78 is 5.74. The van der Waals surface area contributed by atoms with E-state index in [1.807, 2.05) is 24.3 Å². The van der Waals surface area contributed by atoms with Crippen molar-refractivity contribution in [1.29, 1.82) is 0 Å². The van der Waals surface area contributed by atoms with Gasteiger partial charge in [-0.2, -0.15) is 0 Å². The summed E-state index contributed by atoms with van der Waals surface area (Å²) in [5.41, 5.74) is 6.68. The van der Waals surface area contributed by atoms with E-state index in [4.69, 9.17) is 10.5 Å². The van der Waals surface area contributed by atoms with Crippen LogP contribution in [0.25, 0.3) is 0 Å². The normalized spacial score (nSPS) is 23.0. The lowest BCUT2D eigenvalue weighted by molar-refractivity contribution is 0.0272. The largest absolute Gasteiger partial charge is 0.492 e. The monoisotopic (exact) mass is 278 g/mol. The molecule has 2 unspecified atom stereocenters. The summed E-state index contributed by atoms with van der Waals surface area (Å²) in [4.78, 5) is 2.22. The fraction of sp³-hybridized carbons (Fsp3) is 0.625. The van der Waals surface area contributed by atoms with E-state index in [2.05, 4.69) is 11.9 Å². The lowest BCUT2D eigenvalue weighted by Crippen LogP contribution is -2.44. The molecule has 0 aromatic heterocycles. The molecule has 0 amide bonds. The van der Waals surface area contributed by atoms with Gasteiger partial charge in [-0.3, -0.25) is 4.90 Å². The molecule has 0 spiro atoms. The zero-order valence-corrected chi connectivity index (χ0v) is 12.3. The van der Waals surface area contributed by atoms with Gasteiger partial charge in [0.25, 0.3) is 0 Å². The Morgan fingerprint density at radius 2 is 1.95 bits per heavy atom. The number of ether oxygens (including phenoxy) is 1. The van der Waals surface area contributed by atoms with Crippen LogP contribution < -0.4 is 10.5 Å². The topological polar surface area (TPSA) is 58.7 Å². The number of nitrogens with zero attached hydrogens (tertiary/aromatic N) is 1. The molecule has 0 heterocycles. The average Bonchev–Trinajstić information content (AvgIpc) is 2.48. The smallest absolute Gasteiger partial charge is 0.119 e. The van der Waals surface area contributed by atoms with Gasteiger partial charge in [0.2, 0.25) is 0 Å². The predicted molar refractivity (Wildman–Crippen MR) is 80.7 cm³/mol. The van der Waals surface area contributed by atoms with Gasteiger partial charge in [-0.05, 0) is 37.6 Å². The maximum absolute atomic E-state index is 10.0. The molecule has 4 nitrogen and oxygen atoms in total. The van der Waals surface area contributed by atoms with E-state index in [9.17, 15) is 5.11 Å². The van der Waals surface area contributed by atoms with Gasteiger partial charge in [0.15, 0.2) is 0 Å². The lowest BCUT2D eigenvalue weighted by atomic mass is 9.92. The molecule has 3 N–H and O–H groups in total. The Bertz CT molecular complexity index is 394. The fourth-order valence-corrected chi connectivity index (χ4v) is 2.80. The Kier molecular flexibility index (Phi) is 5.83. The number of nitrogens with two attached hydrogens (primary N) is 1. The van der Waals surface area contributed by atoms with Gasteiger partial charge in [-0.25, -0.2) is 0 Å². The van der Waals surface area contributed by atoms with Crippen molar-refractivity contribution in [2.24, 2.45) is 5.73 Å². The SMILES string of the molecule is CN(CCOc1ccc(CN)cc1)C1CCCCC1O. The van der Waals surface area contributed by atoms with Crippen LogP contribution in [0, 0.1) is 0 Å². The van der Waals surface area contributed by atoms with E-state index >= 15 is 0 Å². The van der Waals surface area contributed by atoms with Crippen molar-refractivity contribution in [1.82, 2.24) is 4.90 Å². The zero-order chi connectivity index (χ0) is 14.4. The lowest BCUT2D eigenvalue weighted by Gasteiger charge is -2.35. The molecule has 4 heteroatoms. The predicted octanol–water partition coefficient (Wildman–Crippen LogP) is 1.76. The summed E-state index contributed by atoms with van der Waals surface area (Å²) >= 11 is 0. The number of rotatable bonds is 6. The Morgan fingerprint density at radius 3 is 2.60 bits per heavy atom. The van der Waals surface area contributed by atoms with Gasteiger partial charge in [0.1, 0.15) is 12.4 Å².